The standard InChI is InChI=1S/C24H26Cl2N4O5/c1-3-14(2)20(28-17-7-4-15(5-8-17)22(33)27-11-10-21(31)32)13-34-24-30-29-23(35-24)18-9-6-16(25)12-19(18)26/h4-9,12,14,20,28H,3,10-11,13H2,1-2H3,(H,27,33)(H,31,32)/t14-,20+/m0/s1. The fraction of sp³-hybridized carbons (Fsp3) is 0.333. The molecule has 0 spiro atoms. The van der Waals surface area contributed by atoms with Crippen molar-refractivity contribution in [2.75, 3.05) is 18.5 Å². The maximum Gasteiger partial charge on any atom is 0.414 e. The van der Waals surface area contributed by atoms with E-state index in [0.717, 1.165) is 12.1 Å². The summed E-state index contributed by atoms with van der Waals surface area (Å²) in [7, 11) is 0. The molecule has 3 aromatic rings. The second-order valence-corrected chi connectivity index (χ2v) is 8.77. The van der Waals surface area contributed by atoms with Crippen LogP contribution in [0.15, 0.2) is 46.9 Å². The van der Waals surface area contributed by atoms with Crippen molar-refractivity contribution in [2.24, 2.45) is 5.92 Å². The highest BCUT2D eigenvalue weighted by Crippen LogP contribution is 2.30. The molecule has 0 aliphatic rings. The summed E-state index contributed by atoms with van der Waals surface area (Å²) in [5.41, 5.74) is 1.80. The van der Waals surface area contributed by atoms with Crippen LogP contribution in [0.1, 0.15) is 37.0 Å². The first-order valence-corrected chi connectivity index (χ1v) is 11.8. The zero-order valence-electron chi connectivity index (χ0n) is 19.3. The van der Waals surface area contributed by atoms with Crippen molar-refractivity contribution in [1.82, 2.24) is 15.5 Å². The van der Waals surface area contributed by atoms with Crippen LogP contribution < -0.4 is 15.4 Å². The Labute approximate surface area is 212 Å². The Bertz CT molecular complexity index is 1150. The van der Waals surface area contributed by atoms with Gasteiger partial charge in [0.25, 0.3) is 11.8 Å². The Morgan fingerprint density at radius 3 is 2.54 bits per heavy atom. The number of carbonyl (C=O) groups is 2. The van der Waals surface area contributed by atoms with Crippen LogP contribution >= 0.6 is 23.2 Å². The van der Waals surface area contributed by atoms with Crippen molar-refractivity contribution in [3.8, 4) is 17.5 Å². The second-order valence-electron chi connectivity index (χ2n) is 7.92. The fourth-order valence-corrected chi connectivity index (χ4v) is 3.64. The summed E-state index contributed by atoms with van der Waals surface area (Å²) in [6, 6.07) is 11.8. The number of nitrogens with one attached hydrogen (secondary N) is 2. The maximum atomic E-state index is 12.1. The first kappa shape index (κ1) is 26.3. The zero-order chi connectivity index (χ0) is 25.4. The number of carboxylic acids is 1. The quantitative estimate of drug-likeness (QED) is 0.299. The van der Waals surface area contributed by atoms with Crippen LogP contribution in [0.25, 0.3) is 11.5 Å². The molecule has 0 fully saturated rings. The van der Waals surface area contributed by atoms with E-state index in [1.165, 1.54) is 0 Å². The highest BCUT2D eigenvalue weighted by Gasteiger charge is 2.20. The van der Waals surface area contributed by atoms with Gasteiger partial charge in [-0.3, -0.25) is 9.59 Å². The molecule has 2 aromatic carbocycles. The molecule has 186 valence electrons. The number of rotatable bonds is 12. The third-order valence-corrected chi connectivity index (χ3v) is 5.96. The second kappa shape index (κ2) is 12.4. The molecule has 2 atom stereocenters. The number of anilines is 1. The van der Waals surface area contributed by atoms with Gasteiger partial charge in [-0.1, -0.05) is 48.6 Å². The van der Waals surface area contributed by atoms with E-state index in [1.54, 1.807) is 42.5 Å². The Morgan fingerprint density at radius 2 is 1.89 bits per heavy atom. The van der Waals surface area contributed by atoms with E-state index in [9.17, 15) is 9.59 Å². The molecule has 0 saturated heterocycles. The topological polar surface area (TPSA) is 127 Å². The van der Waals surface area contributed by atoms with E-state index in [0.29, 0.717) is 21.2 Å². The van der Waals surface area contributed by atoms with E-state index >= 15 is 0 Å². The summed E-state index contributed by atoms with van der Waals surface area (Å²) < 4.78 is 11.4. The van der Waals surface area contributed by atoms with Crippen molar-refractivity contribution in [1.29, 1.82) is 0 Å². The molecule has 0 aliphatic carbocycles. The molecule has 1 aromatic heterocycles. The van der Waals surface area contributed by atoms with E-state index in [2.05, 4.69) is 34.7 Å². The molecule has 0 aliphatic heterocycles. The fourth-order valence-electron chi connectivity index (χ4n) is 3.15. The average Bonchev–Trinajstić information content (AvgIpc) is 3.30. The van der Waals surface area contributed by atoms with E-state index in [1.807, 2.05) is 0 Å². The average molecular weight is 521 g/mol. The van der Waals surface area contributed by atoms with Crippen molar-refractivity contribution in [2.45, 2.75) is 32.7 Å². The molecule has 1 heterocycles. The summed E-state index contributed by atoms with van der Waals surface area (Å²) in [4.78, 5) is 22.7. The van der Waals surface area contributed by atoms with Crippen molar-refractivity contribution < 1.29 is 23.8 Å². The predicted octanol–water partition coefficient (Wildman–Crippen LogP) is 5.15. The van der Waals surface area contributed by atoms with E-state index in [4.69, 9.17) is 37.5 Å². The molecule has 0 radical (unpaired) electrons. The third-order valence-electron chi connectivity index (χ3n) is 5.41. The number of carboxylic acid groups (broad SMARTS) is 1. The lowest BCUT2D eigenvalue weighted by atomic mass is 9.99. The van der Waals surface area contributed by atoms with E-state index in [-0.39, 0.29) is 49.4 Å². The van der Waals surface area contributed by atoms with Gasteiger partial charge in [-0.25, -0.2) is 0 Å². The highest BCUT2D eigenvalue weighted by molar-refractivity contribution is 6.36. The highest BCUT2D eigenvalue weighted by atomic mass is 35.5. The number of hydrogen-bond donors (Lipinski definition) is 3. The predicted molar refractivity (Wildman–Crippen MR) is 133 cm³/mol. The molecule has 0 saturated carbocycles. The Kier molecular flexibility index (Phi) is 9.33. The van der Waals surface area contributed by atoms with Crippen LogP contribution in [0.5, 0.6) is 6.08 Å². The largest absolute Gasteiger partial charge is 0.481 e. The lowest BCUT2D eigenvalue weighted by Gasteiger charge is -2.24. The van der Waals surface area contributed by atoms with Gasteiger partial charge < -0.3 is 24.9 Å². The molecule has 3 rings (SSSR count). The van der Waals surface area contributed by atoms with Gasteiger partial charge in [0.1, 0.15) is 6.61 Å². The van der Waals surface area contributed by atoms with Crippen LogP contribution in [-0.4, -0.2) is 46.4 Å². The summed E-state index contributed by atoms with van der Waals surface area (Å²) in [5.74, 6) is -0.810. The first-order chi connectivity index (χ1) is 16.8. The van der Waals surface area contributed by atoms with Crippen molar-refractivity contribution in [3.05, 3.63) is 58.1 Å². The summed E-state index contributed by atoms with van der Waals surface area (Å²) in [6.07, 6.45) is 0.797. The molecular formula is C24H26Cl2N4O5. The minimum atomic E-state index is -0.964. The van der Waals surface area contributed by atoms with Gasteiger partial charge in [-0.15, -0.1) is 5.10 Å². The monoisotopic (exact) mass is 520 g/mol. The van der Waals surface area contributed by atoms with Gasteiger partial charge in [-0.05, 0) is 48.4 Å². The summed E-state index contributed by atoms with van der Waals surface area (Å²) in [5, 5.41) is 23.5. The molecular weight excluding hydrogens is 495 g/mol. The van der Waals surface area contributed by atoms with Crippen molar-refractivity contribution in [3.63, 3.8) is 0 Å². The van der Waals surface area contributed by atoms with Gasteiger partial charge in [0, 0.05) is 22.8 Å². The van der Waals surface area contributed by atoms with Crippen molar-refractivity contribution >= 4 is 40.8 Å². The number of hydrogen-bond acceptors (Lipinski definition) is 7. The van der Waals surface area contributed by atoms with Crippen LogP contribution in [0.3, 0.4) is 0 Å². The number of amides is 1. The molecule has 9 nitrogen and oxygen atoms in total. The third kappa shape index (κ3) is 7.60. The number of halogens is 2. The molecule has 1 amide bonds. The number of ether oxygens (including phenoxy) is 1. The number of benzene rings is 2. The summed E-state index contributed by atoms with van der Waals surface area (Å²) in [6.45, 7) is 4.51. The van der Waals surface area contributed by atoms with Gasteiger partial charge >= 0.3 is 12.0 Å². The number of nitrogens with zero attached hydrogens (tertiary/aromatic N) is 2. The lowest BCUT2D eigenvalue weighted by Crippen LogP contribution is -2.33. The van der Waals surface area contributed by atoms with Gasteiger partial charge in [0.2, 0.25) is 0 Å². The molecule has 11 heteroatoms. The first-order valence-electron chi connectivity index (χ1n) is 11.0. The van der Waals surface area contributed by atoms with E-state index < -0.39 is 5.97 Å². The van der Waals surface area contributed by atoms with Gasteiger partial charge in [0.05, 0.1) is 23.0 Å². The smallest absolute Gasteiger partial charge is 0.414 e. The Morgan fingerprint density at radius 1 is 1.14 bits per heavy atom. The van der Waals surface area contributed by atoms with Gasteiger partial charge in [-0.2, -0.15) is 0 Å². The number of aliphatic carboxylic acids is 1. The lowest BCUT2D eigenvalue weighted by molar-refractivity contribution is -0.136. The minimum absolute atomic E-state index is 0.0227. The zero-order valence-corrected chi connectivity index (χ0v) is 20.8. The molecule has 0 unspecified atom stereocenters. The number of carbonyl (C=O) groups excluding carboxylic acids is 1. The van der Waals surface area contributed by atoms with Crippen LogP contribution in [0.2, 0.25) is 10.0 Å². The Hall–Kier alpha value is -3.30. The molecule has 3 N–H and O–H groups in total. The minimum Gasteiger partial charge on any atom is -0.481 e. The molecule has 0 bridgehead atoms. The van der Waals surface area contributed by atoms with Crippen LogP contribution in [-0.2, 0) is 4.79 Å². The van der Waals surface area contributed by atoms with Crippen LogP contribution in [0, 0.1) is 5.92 Å². The maximum absolute atomic E-state index is 12.1. The van der Waals surface area contributed by atoms with Crippen LogP contribution in [0.4, 0.5) is 5.69 Å². The number of aromatic nitrogens is 2. The Balaban J connectivity index is 1.60. The SMILES string of the molecule is CC[C@H](C)[C@@H](COc1nnc(-c2ccc(Cl)cc2Cl)o1)Nc1ccc(C(=O)NCCC(=O)O)cc1. The van der Waals surface area contributed by atoms with Gasteiger partial charge in [0.15, 0.2) is 0 Å². The summed E-state index contributed by atoms with van der Waals surface area (Å²) >= 11 is 12.1. The normalized spacial score (nSPS) is 12.6. The molecule has 35 heavy (non-hydrogen) atoms.